The van der Waals surface area contributed by atoms with Gasteiger partial charge in [-0.15, -0.1) is 0 Å². The quantitative estimate of drug-likeness (QED) is 0.772. The van der Waals surface area contributed by atoms with Crippen molar-refractivity contribution in [3.63, 3.8) is 0 Å². The van der Waals surface area contributed by atoms with Crippen LogP contribution in [0, 0.1) is 32.6 Å². The van der Waals surface area contributed by atoms with Crippen molar-refractivity contribution < 1.29 is 9.59 Å². The average Bonchev–Trinajstić information content (AvgIpc) is 2.38. The lowest BCUT2D eigenvalue weighted by molar-refractivity contribution is -0.128. The number of anilines is 1. The van der Waals surface area contributed by atoms with Gasteiger partial charge in [-0.25, -0.2) is 0 Å². The van der Waals surface area contributed by atoms with Crippen molar-refractivity contribution in [2.75, 3.05) is 25.0 Å². The number of nitrogens with one attached hydrogen (secondary N) is 3. The van der Waals surface area contributed by atoms with E-state index >= 15 is 0 Å². The molecule has 1 saturated heterocycles. The van der Waals surface area contributed by atoms with Gasteiger partial charge in [0.2, 0.25) is 11.8 Å². The first-order valence-electron chi connectivity index (χ1n) is 7.74. The van der Waals surface area contributed by atoms with Crippen molar-refractivity contribution in [1.29, 1.82) is 0 Å². The number of carbonyl (C=O) groups is 2. The Hall–Kier alpha value is -1.88. The fourth-order valence-electron chi connectivity index (χ4n) is 2.77. The van der Waals surface area contributed by atoms with Gasteiger partial charge in [-0.05, 0) is 50.9 Å². The zero-order chi connectivity index (χ0) is 16.3. The third-order valence-electron chi connectivity index (χ3n) is 4.30. The topological polar surface area (TPSA) is 70.2 Å². The molecule has 5 heteroatoms. The maximum Gasteiger partial charge on any atom is 0.243 e. The molecule has 22 heavy (non-hydrogen) atoms. The van der Waals surface area contributed by atoms with Gasteiger partial charge in [-0.3, -0.25) is 9.59 Å². The molecule has 120 valence electrons. The van der Waals surface area contributed by atoms with Crippen molar-refractivity contribution in [2.45, 2.75) is 27.7 Å². The molecule has 1 aliphatic rings. The van der Waals surface area contributed by atoms with E-state index in [1.165, 1.54) is 5.56 Å². The second kappa shape index (κ2) is 6.92. The number of amides is 2. The number of aryl methyl sites for hydroxylation is 3. The molecule has 3 N–H and O–H groups in total. The van der Waals surface area contributed by atoms with Crippen molar-refractivity contribution in [3.05, 3.63) is 28.8 Å². The Morgan fingerprint density at radius 3 is 2.32 bits per heavy atom. The van der Waals surface area contributed by atoms with E-state index in [-0.39, 0.29) is 24.3 Å². The highest BCUT2D eigenvalue weighted by Crippen LogP contribution is 2.21. The first-order valence-corrected chi connectivity index (χ1v) is 7.74. The summed E-state index contributed by atoms with van der Waals surface area (Å²) in [6.07, 6.45) is 0. The van der Waals surface area contributed by atoms with Crippen LogP contribution in [-0.4, -0.2) is 31.4 Å². The van der Waals surface area contributed by atoms with Crippen LogP contribution in [0.2, 0.25) is 0 Å². The highest BCUT2D eigenvalue weighted by atomic mass is 16.2. The smallest absolute Gasteiger partial charge is 0.243 e. The molecule has 2 amide bonds. The molecule has 2 rings (SSSR count). The van der Waals surface area contributed by atoms with E-state index in [9.17, 15) is 9.59 Å². The summed E-state index contributed by atoms with van der Waals surface area (Å²) < 4.78 is 0. The lowest BCUT2D eigenvalue weighted by atomic mass is 9.88. The minimum Gasteiger partial charge on any atom is -0.347 e. The van der Waals surface area contributed by atoms with Gasteiger partial charge in [0, 0.05) is 11.6 Å². The van der Waals surface area contributed by atoms with Crippen LogP contribution in [-0.2, 0) is 9.59 Å². The van der Waals surface area contributed by atoms with E-state index in [2.05, 4.69) is 16.0 Å². The summed E-state index contributed by atoms with van der Waals surface area (Å²) in [5.74, 6) is 0.0721. The molecule has 0 spiro atoms. The number of hydrogen-bond donors (Lipinski definition) is 3. The molecule has 0 aromatic heterocycles. The molecule has 1 heterocycles. The normalized spacial score (nSPS) is 15.8. The molecule has 1 aliphatic heterocycles. The summed E-state index contributed by atoms with van der Waals surface area (Å²) in [7, 11) is 0. The molecule has 1 atom stereocenters. The number of hydrogen-bond acceptors (Lipinski definition) is 3. The zero-order valence-electron chi connectivity index (χ0n) is 13.7. The van der Waals surface area contributed by atoms with Crippen molar-refractivity contribution in [3.8, 4) is 0 Å². The van der Waals surface area contributed by atoms with E-state index < -0.39 is 0 Å². The molecule has 0 saturated carbocycles. The lowest BCUT2D eigenvalue weighted by Gasteiger charge is -2.31. The standard InChI is InChI=1S/C17H25N3O2/c1-10-5-11(2)16(12(3)6-10)20-15(21)9-19-17(22)13(4)14-7-18-8-14/h5-6,13-14,18H,7-9H2,1-4H3,(H,19,22)(H,20,21). The minimum absolute atomic E-state index is 0.01000. The summed E-state index contributed by atoms with van der Waals surface area (Å²) in [5.41, 5.74) is 4.07. The Morgan fingerprint density at radius 1 is 1.23 bits per heavy atom. The third-order valence-corrected chi connectivity index (χ3v) is 4.30. The van der Waals surface area contributed by atoms with Crippen LogP contribution >= 0.6 is 0 Å². The molecule has 1 aromatic carbocycles. The molecule has 1 aromatic rings. The summed E-state index contributed by atoms with van der Waals surface area (Å²) in [6, 6.07) is 4.07. The molecule has 0 radical (unpaired) electrons. The highest BCUT2D eigenvalue weighted by molar-refractivity contribution is 5.96. The number of carbonyl (C=O) groups excluding carboxylic acids is 2. The summed E-state index contributed by atoms with van der Waals surface area (Å²) >= 11 is 0. The maximum absolute atomic E-state index is 12.0. The second-order valence-electron chi connectivity index (χ2n) is 6.25. The summed E-state index contributed by atoms with van der Waals surface area (Å²) in [4.78, 5) is 24.0. The van der Waals surface area contributed by atoms with E-state index in [0.717, 1.165) is 29.9 Å². The van der Waals surface area contributed by atoms with Gasteiger partial charge in [0.25, 0.3) is 0 Å². The number of rotatable bonds is 5. The zero-order valence-corrected chi connectivity index (χ0v) is 13.7. The van der Waals surface area contributed by atoms with Crippen LogP contribution in [0.5, 0.6) is 0 Å². The minimum atomic E-state index is -0.192. The molecule has 5 nitrogen and oxygen atoms in total. The van der Waals surface area contributed by atoms with Crippen LogP contribution in [0.1, 0.15) is 23.6 Å². The first kappa shape index (κ1) is 16.5. The lowest BCUT2D eigenvalue weighted by Crippen LogP contribution is -2.50. The molecule has 1 unspecified atom stereocenters. The maximum atomic E-state index is 12.0. The Morgan fingerprint density at radius 2 is 1.82 bits per heavy atom. The van der Waals surface area contributed by atoms with Crippen LogP contribution in [0.25, 0.3) is 0 Å². The summed E-state index contributed by atoms with van der Waals surface area (Å²) in [5, 5.41) is 8.77. The van der Waals surface area contributed by atoms with Gasteiger partial charge in [-0.1, -0.05) is 24.6 Å². The Bertz CT molecular complexity index is 556. The fourth-order valence-corrected chi connectivity index (χ4v) is 2.77. The largest absolute Gasteiger partial charge is 0.347 e. The van der Waals surface area contributed by atoms with Gasteiger partial charge in [-0.2, -0.15) is 0 Å². The second-order valence-corrected chi connectivity index (χ2v) is 6.25. The Labute approximate surface area is 131 Å². The van der Waals surface area contributed by atoms with Crippen LogP contribution < -0.4 is 16.0 Å². The third kappa shape index (κ3) is 3.85. The van der Waals surface area contributed by atoms with E-state index in [1.54, 1.807) is 0 Å². The molecule has 1 fully saturated rings. The van der Waals surface area contributed by atoms with Crippen LogP contribution in [0.3, 0.4) is 0 Å². The van der Waals surface area contributed by atoms with Gasteiger partial charge in [0.1, 0.15) is 0 Å². The van der Waals surface area contributed by atoms with Gasteiger partial charge < -0.3 is 16.0 Å². The molecule has 0 aliphatic carbocycles. The van der Waals surface area contributed by atoms with Gasteiger partial charge >= 0.3 is 0 Å². The molecular weight excluding hydrogens is 278 g/mol. The highest BCUT2D eigenvalue weighted by Gasteiger charge is 2.28. The van der Waals surface area contributed by atoms with Crippen molar-refractivity contribution in [1.82, 2.24) is 10.6 Å². The summed E-state index contributed by atoms with van der Waals surface area (Å²) in [6.45, 7) is 9.65. The first-order chi connectivity index (χ1) is 10.4. The predicted molar refractivity (Wildman–Crippen MR) is 87.8 cm³/mol. The Kier molecular flexibility index (Phi) is 5.19. The average molecular weight is 303 g/mol. The van der Waals surface area contributed by atoms with Crippen LogP contribution in [0.15, 0.2) is 12.1 Å². The van der Waals surface area contributed by atoms with E-state index in [0.29, 0.717) is 5.92 Å². The molecule has 0 bridgehead atoms. The Balaban J connectivity index is 1.87. The van der Waals surface area contributed by atoms with Gasteiger partial charge in [0.05, 0.1) is 6.54 Å². The van der Waals surface area contributed by atoms with Crippen LogP contribution in [0.4, 0.5) is 5.69 Å². The monoisotopic (exact) mass is 303 g/mol. The molecular formula is C17H25N3O2. The van der Waals surface area contributed by atoms with Crippen molar-refractivity contribution in [2.24, 2.45) is 11.8 Å². The van der Waals surface area contributed by atoms with Crippen molar-refractivity contribution >= 4 is 17.5 Å². The van der Waals surface area contributed by atoms with Gasteiger partial charge in [0.15, 0.2) is 0 Å². The van der Waals surface area contributed by atoms with E-state index in [1.807, 2.05) is 39.8 Å². The fraction of sp³-hybridized carbons (Fsp3) is 0.529. The van der Waals surface area contributed by atoms with E-state index in [4.69, 9.17) is 0 Å². The number of benzene rings is 1. The SMILES string of the molecule is Cc1cc(C)c(NC(=O)CNC(=O)C(C)C2CNC2)c(C)c1. The predicted octanol–water partition coefficient (Wildman–Crippen LogP) is 1.52.